The minimum Gasteiger partial charge on any atom is -1.00 e. The van der Waals surface area contributed by atoms with Crippen molar-refractivity contribution in [2.24, 2.45) is 0 Å². The molecule has 0 aliphatic rings. The molecule has 0 radical (unpaired) electrons. The maximum Gasteiger partial charge on any atom is 1.00 e. The van der Waals surface area contributed by atoms with E-state index in [1.807, 2.05) is 0 Å². The van der Waals surface area contributed by atoms with Crippen molar-refractivity contribution >= 4 is 20.8 Å². The first-order valence-electron chi connectivity index (χ1n) is 1.40. The van der Waals surface area contributed by atoms with Crippen LogP contribution in [0.4, 0.5) is 0 Å². The summed E-state index contributed by atoms with van der Waals surface area (Å²) in [6.45, 7) is 0. The molecule has 4 N–H and O–H groups in total. The van der Waals surface area contributed by atoms with Gasteiger partial charge in [0, 0.05) is 0 Å². The third kappa shape index (κ3) is 1240. The van der Waals surface area contributed by atoms with E-state index in [4.69, 9.17) is 35.0 Å². The fourth-order valence-electron chi connectivity index (χ4n) is 0. The Balaban J connectivity index is -0.0000000178. The Morgan fingerprint density at radius 3 is 0.667 bits per heavy atom. The van der Waals surface area contributed by atoms with Crippen LogP contribution in [0.5, 0.6) is 0 Å². The van der Waals surface area contributed by atoms with Crippen molar-refractivity contribution in [2.75, 3.05) is 0 Å². The van der Waals surface area contributed by atoms with Gasteiger partial charge in [-0.05, 0) is 0 Å². The molecule has 0 amide bonds. The summed E-state index contributed by atoms with van der Waals surface area (Å²) in [4.78, 5) is 0. The van der Waals surface area contributed by atoms with E-state index < -0.39 is 20.8 Å². The second-order valence-electron chi connectivity index (χ2n) is 0.896. The van der Waals surface area contributed by atoms with Gasteiger partial charge in [0.15, 0.2) is 0 Å². The Morgan fingerprint density at radius 2 is 0.667 bits per heavy atom. The molecule has 0 saturated heterocycles. The molecule has 0 spiro atoms. The van der Waals surface area contributed by atoms with Crippen LogP contribution in [0.3, 0.4) is 0 Å². The summed E-state index contributed by atoms with van der Waals surface area (Å²) in [7, 11) is -9.33. The molecular formula is H6Li2O8S2. The quantitative estimate of drug-likeness (QED) is 0.228. The summed E-state index contributed by atoms with van der Waals surface area (Å²) in [5.41, 5.74) is 0. The molecule has 12 heavy (non-hydrogen) atoms. The summed E-state index contributed by atoms with van der Waals surface area (Å²) in [5.74, 6) is 0. The minimum absolute atomic E-state index is 0. The molecule has 0 rings (SSSR count). The summed E-state index contributed by atoms with van der Waals surface area (Å²) >= 11 is 0. The molecule has 12 heteroatoms. The van der Waals surface area contributed by atoms with Gasteiger partial charge in [-0.1, -0.05) is 0 Å². The average Bonchev–Trinajstić information content (AvgIpc) is 1.12. The summed E-state index contributed by atoms with van der Waals surface area (Å²) in [5, 5.41) is 0. The van der Waals surface area contributed by atoms with Crippen molar-refractivity contribution in [2.45, 2.75) is 0 Å². The van der Waals surface area contributed by atoms with Crippen LogP contribution in [0, 0.1) is 0 Å². The number of hydrogen-bond donors (Lipinski definition) is 4. The van der Waals surface area contributed by atoms with E-state index >= 15 is 0 Å². The van der Waals surface area contributed by atoms with Gasteiger partial charge in [-0.3, -0.25) is 18.2 Å². The van der Waals surface area contributed by atoms with Crippen molar-refractivity contribution in [3.63, 3.8) is 0 Å². The SMILES string of the molecule is O=S(=O)(O)O.O=S(=O)(O)O.[H-].[H-].[Li+].[Li+]. The monoisotopic (exact) mass is 212 g/mol. The molecule has 0 saturated carbocycles. The molecule has 0 aromatic carbocycles. The van der Waals surface area contributed by atoms with Crippen LogP contribution in [0.2, 0.25) is 0 Å². The fraction of sp³-hybridized carbons (Fsp3) is 0. The Bertz CT molecular complexity index is 220. The molecule has 0 fully saturated rings. The van der Waals surface area contributed by atoms with Crippen LogP contribution < -0.4 is 37.7 Å². The number of hydrogen-bond acceptors (Lipinski definition) is 4. The summed E-state index contributed by atoms with van der Waals surface area (Å²) in [6, 6.07) is 0. The van der Waals surface area contributed by atoms with Gasteiger partial charge in [0.2, 0.25) is 0 Å². The minimum atomic E-state index is -4.67. The average molecular weight is 212 g/mol. The molecule has 0 aliphatic heterocycles. The third-order valence-electron chi connectivity index (χ3n) is 0. The summed E-state index contributed by atoms with van der Waals surface area (Å²) in [6.07, 6.45) is 0. The van der Waals surface area contributed by atoms with Crippen LogP contribution in [0.15, 0.2) is 0 Å². The summed E-state index contributed by atoms with van der Waals surface area (Å²) < 4.78 is 63.2. The van der Waals surface area contributed by atoms with Gasteiger partial charge in [0.25, 0.3) is 0 Å². The normalized spacial score (nSPS) is 9.67. The molecule has 8 nitrogen and oxygen atoms in total. The van der Waals surface area contributed by atoms with E-state index in [2.05, 4.69) is 0 Å². The standard InChI is InChI=1S/2Li.2H2O4S.2H/c;;2*1-5(2,3)4;;/h;;2*(H2,1,2,3,4);;/q2*+1;;;2*-1. The molecular weight excluding hydrogens is 206 g/mol. The first-order valence-corrected chi connectivity index (χ1v) is 4.19. The topological polar surface area (TPSA) is 149 Å². The maximum atomic E-state index is 8.74. The predicted octanol–water partition coefficient (Wildman–Crippen LogP) is -7.07. The second kappa shape index (κ2) is 8.53. The van der Waals surface area contributed by atoms with Gasteiger partial charge in [0.1, 0.15) is 0 Å². The first-order chi connectivity index (χ1) is 4.00. The fourth-order valence-corrected chi connectivity index (χ4v) is 0. The van der Waals surface area contributed by atoms with E-state index in [0.717, 1.165) is 0 Å². The Kier molecular flexibility index (Phi) is 16.4. The van der Waals surface area contributed by atoms with Gasteiger partial charge >= 0.3 is 58.5 Å². The maximum absolute atomic E-state index is 8.74. The van der Waals surface area contributed by atoms with Crippen molar-refractivity contribution in [3.05, 3.63) is 0 Å². The van der Waals surface area contributed by atoms with Crippen LogP contribution in [0.25, 0.3) is 0 Å². The zero-order valence-corrected chi connectivity index (χ0v) is 7.87. The van der Waals surface area contributed by atoms with Crippen LogP contribution in [0.1, 0.15) is 2.85 Å². The van der Waals surface area contributed by atoms with E-state index in [-0.39, 0.29) is 40.6 Å². The van der Waals surface area contributed by atoms with E-state index in [1.54, 1.807) is 0 Å². The second-order valence-corrected chi connectivity index (χ2v) is 2.69. The molecule has 0 aliphatic carbocycles. The molecule has 0 atom stereocenters. The van der Waals surface area contributed by atoms with Crippen LogP contribution >= 0.6 is 0 Å². The van der Waals surface area contributed by atoms with Crippen molar-refractivity contribution in [1.82, 2.24) is 0 Å². The number of rotatable bonds is 0. The molecule has 68 valence electrons. The van der Waals surface area contributed by atoms with Gasteiger partial charge in [-0.2, -0.15) is 16.8 Å². The van der Waals surface area contributed by atoms with Gasteiger partial charge in [-0.25, -0.2) is 0 Å². The Morgan fingerprint density at radius 1 is 0.667 bits per heavy atom. The van der Waals surface area contributed by atoms with Crippen LogP contribution in [-0.2, 0) is 20.8 Å². The molecule has 0 aromatic heterocycles. The largest absolute Gasteiger partial charge is 1.00 e. The Labute approximate surface area is 96.2 Å². The smallest absolute Gasteiger partial charge is 1.00 e. The van der Waals surface area contributed by atoms with Crippen LogP contribution in [-0.4, -0.2) is 35.0 Å². The van der Waals surface area contributed by atoms with E-state index in [0.29, 0.717) is 0 Å². The Hall–Kier alpha value is 0.935. The van der Waals surface area contributed by atoms with E-state index in [9.17, 15) is 0 Å². The molecule has 0 bridgehead atoms. The molecule has 0 unspecified atom stereocenters. The third-order valence-corrected chi connectivity index (χ3v) is 0. The molecule has 0 aromatic rings. The van der Waals surface area contributed by atoms with Gasteiger partial charge < -0.3 is 2.85 Å². The van der Waals surface area contributed by atoms with Crippen molar-refractivity contribution in [3.8, 4) is 0 Å². The first kappa shape index (κ1) is 23.1. The van der Waals surface area contributed by atoms with Gasteiger partial charge in [-0.15, -0.1) is 0 Å². The van der Waals surface area contributed by atoms with Crippen molar-refractivity contribution < 1.29 is 75.6 Å². The zero-order valence-electron chi connectivity index (χ0n) is 8.24. The van der Waals surface area contributed by atoms with E-state index in [1.165, 1.54) is 0 Å². The zero-order chi connectivity index (χ0) is 9.00. The van der Waals surface area contributed by atoms with Crippen molar-refractivity contribution in [1.29, 1.82) is 0 Å². The van der Waals surface area contributed by atoms with Gasteiger partial charge in [0.05, 0.1) is 0 Å². The molecule has 0 heterocycles. The predicted molar refractivity (Wildman–Crippen MR) is 30.6 cm³/mol.